The normalized spacial score (nSPS) is 11.7. The molecule has 0 amide bonds. The van der Waals surface area contributed by atoms with Gasteiger partial charge in [0.05, 0.1) is 12.6 Å². The zero-order valence-electron chi connectivity index (χ0n) is 11.4. The highest BCUT2D eigenvalue weighted by Gasteiger charge is 2.10. The molecule has 0 bridgehead atoms. The average molecular weight is 321 g/mol. The number of nitrogens with one attached hydrogen (secondary N) is 2. The third-order valence-corrected chi connectivity index (χ3v) is 3.45. The van der Waals surface area contributed by atoms with Crippen LogP contribution in [0.5, 0.6) is 0 Å². The van der Waals surface area contributed by atoms with Crippen molar-refractivity contribution in [1.29, 1.82) is 0 Å². The van der Waals surface area contributed by atoms with Crippen LogP contribution < -0.4 is 10.6 Å². The van der Waals surface area contributed by atoms with E-state index in [1.54, 1.807) is 12.1 Å². The van der Waals surface area contributed by atoms with Crippen LogP contribution in [0.25, 0.3) is 0 Å². The van der Waals surface area contributed by atoms with E-state index in [1.165, 1.54) is 0 Å². The van der Waals surface area contributed by atoms with Gasteiger partial charge in [-0.25, -0.2) is 0 Å². The van der Waals surface area contributed by atoms with E-state index in [4.69, 9.17) is 23.8 Å². The molecule has 0 aromatic heterocycles. The third kappa shape index (κ3) is 5.34. The Morgan fingerprint density at radius 2 is 1.76 bits per heavy atom. The van der Waals surface area contributed by atoms with Crippen molar-refractivity contribution < 1.29 is 5.11 Å². The van der Waals surface area contributed by atoms with E-state index >= 15 is 0 Å². The van der Waals surface area contributed by atoms with Crippen molar-refractivity contribution in [2.75, 3.05) is 11.9 Å². The van der Waals surface area contributed by atoms with Crippen molar-refractivity contribution in [2.24, 2.45) is 0 Å². The van der Waals surface area contributed by atoms with Crippen LogP contribution in [0.4, 0.5) is 5.69 Å². The SMILES string of the molecule is OC[C@@H](Cc1ccccc1)NC(=S)Nc1ccc(Cl)cc1. The van der Waals surface area contributed by atoms with E-state index < -0.39 is 0 Å². The van der Waals surface area contributed by atoms with E-state index in [-0.39, 0.29) is 12.6 Å². The summed E-state index contributed by atoms with van der Waals surface area (Å²) >= 11 is 11.1. The molecule has 5 heteroatoms. The maximum atomic E-state index is 9.47. The lowest BCUT2D eigenvalue weighted by atomic mass is 10.1. The standard InChI is InChI=1S/C16H17ClN2OS/c17-13-6-8-14(9-7-13)18-16(21)19-15(11-20)10-12-4-2-1-3-5-12/h1-9,15,20H,10-11H2,(H2,18,19,21)/t15-/m1/s1. The van der Waals surface area contributed by atoms with Gasteiger partial charge in [0, 0.05) is 10.7 Å². The van der Waals surface area contributed by atoms with E-state index in [0.29, 0.717) is 16.6 Å². The summed E-state index contributed by atoms with van der Waals surface area (Å²) in [5.74, 6) is 0. The van der Waals surface area contributed by atoms with Crippen LogP contribution >= 0.6 is 23.8 Å². The number of anilines is 1. The topological polar surface area (TPSA) is 44.3 Å². The number of benzene rings is 2. The molecule has 0 saturated heterocycles. The Hall–Kier alpha value is -1.62. The Kier molecular flexibility index (Phi) is 5.99. The van der Waals surface area contributed by atoms with Gasteiger partial charge < -0.3 is 15.7 Å². The maximum Gasteiger partial charge on any atom is 0.171 e. The molecular formula is C16H17ClN2OS. The first-order valence-electron chi connectivity index (χ1n) is 6.65. The van der Waals surface area contributed by atoms with Gasteiger partial charge in [0.1, 0.15) is 0 Å². The lowest BCUT2D eigenvalue weighted by Gasteiger charge is -2.19. The average Bonchev–Trinajstić information content (AvgIpc) is 2.50. The fourth-order valence-corrected chi connectivity index (χ4v) is 2.36. The summed E-state index contributed by atoms with van der Waals surface area (Å²) in [6.45, 7) is 0.0112. The third-order valence-electron chi connectivity index (χ3n) is 2.98. The van der Waals surface area contributed by atoms with Gasteiger partial charge in [-0.3, -0.25) is 0 Å². The van der Waals surface area contributed by atoms with Gasteiger partial charge in [-0.2, -0.15) is 0 Å². The Bertz CT molecular complexity index is 575. The molecule has 21 heavy (non-hydrogen) atoms. The molecule has 3 nitrogen and oxygen atoms in total. The monoisotopic (exact) mass is 320 g/mol. The van der Waals surface area contributed by atoms with Crippen LogP contribution in [0.3, 0.4) is 0 Å². The molecule has 0 unspecified atom stereocenters. The molecule has 0 aliphatic rings. The summed E-state index contributed by atoms with van der Waals surface area (Å²) in [5.41, 5.74) is 2.01. The number of hydrogen-bond acceptors (Lipinski definition) is 2. The number of aliphatic hydroxyl groups is 1. The highest BCUT2D eigenvalue weighted by atomic mass is 35.5. The molecule has 1 atom stereocenters. The zero-order valence-corrected chi connectivity index (χ0v) is 13.0. The van der Waals surface area contributed by atoms with Crippen LogP contribution in [0.1, 0.15) is 5.56 Å². The van der Waals surface area contributed by atoms with Crippen molar-refractivity contribution in [1.82, 2.24) is 5.32 Å². The number of rotatable bonds is 5. The molecule has 0 spiro atoms. The van der Waals surface area contributed by atoms with Gasteiger partial charge >= 0.3 is 0 Å². The number of halogens is 1. The van der Waals surface area contributed by atoms with E-state index in [2.05, 4.69) is 10.6 Å². The quantitative estimate of drug-likeness (QED) is 0.740. The predicted octanol–water partition coefficient (Wildman–Crippen LogP) is 3.23. The maximum absolute atomic E-state index is 9.47. The second kappa shape index (κ2) is 7.98. The predicted molar refractivity (Wildman–Crippen MR) is 91.8 cm³/mol. The van der Waals surface area contributed by atoms with Gasteiger partial charge in [0.25, 0.3) is 0 Å². The van der Waals surface area contributed by atoms with Crippen molar-refractivity contribution in [3.63, 3.8) is 0 Å². The minimum absolute atomic E-state index is 0.0112. The summed E-state index contributed by atoms with van der Waals surface area (Å²) in [4.78, 5) is 0. The molecule has 0 aliphatic carbocycles. The molecule has 0 aliphatic heterocycles. The Morgan fingerprint density at radius 1 is 1.10 bits per heavy atom. The zero-order chi connectivity index (χ0) is 15.1. The van der Waals surface area contributed by atoms with Crippen molar-refractivity contribution >= 4 is 34.6 Å². The molecule has 0 saturated carbocycles. The Morgan fingerprint density at radius 3 is 2.38 bits per heavy atom. The number of hydrogen-bond donors (Lipinski definition) is 3. The first-order valence-corrected chi connectivity index (χ1v) is 7.44. The Balaban J connectivity index is 1.89. The molecule has 2 aromatic carbocycles. The van der Waals surface area contributed by atoms with Gasteiger partial charge in [0.15, 0.2) is 5.11 Å². The van der Waals surface area contributed by atoms with Crippen LogP contribution in [0.15, 0.2) is 54.6 Å². The summed E-state index contributed by atoms with van der Waals surface area (Å²) in [5, 5.41) is 16.8. The van der Waals surface area contributed by atoms with Gasteiger partial charge in [-0.1, -0.05) is 41.9 Å². The molecular weight excluding hydrogens is 304 g/mol. The molecule has 0 heterocycles. The summed E-state index contributed by atoms with van der Waals surface area (Å²) in [6, 6.07) is 17.1. The second-order valence-corrected chi connectivity index (χ2v) is 5.52. The van der Waals surface area contributed by atoms with Crippen LogP contribution in [-0.4, -0.2) is 22.9 Å². The van der Waals surface area contributed by atoms with E-state index in [9.17, 15) is 5.11 Å². The van der Waals surface area contributed by atoms with Crippen molar-refractivity contribution in [2.45, 2.75) is 12.5 Å². The minimum Gasteiger partial charge on any atom is -0.394 e. The molecule has 0 fully saturated rings. The summed E-state index contributed by atoms with van der Waals surface area (Å²) in [7, 11) is 0. The molecule has 0 radical (unpaired) electrons. The van der Waals surface area contributed by atoms with E-state index in [0.717, 1.165) is 11.3 Å². The highest BCUT2D eigenvalue weighted by molar-refractivity contribution is 7.80. The second-order valence-electron chi connectivity index (χ2n) is 4.67. The van der Waals surface area contributed by atoms with Gasteiger partial charge in [-0.15, -0.1) is 0 Å². The highest BCUT2D eigenvalue weighted by Crippen LogP contribution is 2.13. The van der Waals surface area contributed by atoms with Crippen LogP contribution in [0, 0.1) is 0 Å². The fraction of sp³-hybridized carbons (Fsp3) is 0.188. The molecule has 2 aromatic rings. The van der Waals surface area contributed by atoms with Crippen molar-refractivity contribution in [3.05, 3.63) is 65.2 Å². The number of thiocarbonyl (C=S) groups is 1. The Labute approximate surface area is 135 Å². The largest absolute Gasteiger partial charge is 0.394 e. The fourth-order valence-electron chi connectivity index (χ4n) is 1.95. The lowest BCUT2D eigenvalue weighted by Crippen LogP contribution is -2.41. The van der Waals surface area contributed by atoms with Gasteiger partial charge in [0.2, 0.25) is 0 Å². The minimum atomic E-state index is -0.125. The summed E-state index contributed by atoms with van der Waals surface area (Å²) in [6.07, 6.45) is 0.708. The van der Waals surface area contributed by atoms with Crippen LogP contribution in [0.2, 0.25) is 5.02 Å². The number of aliphatic hydroxyl groups excluding tert-OH is 1. The van der Waals surface area contributed by atoms with Crippen LogP contribution in [-0.2, 0) is 6.42 Å². The summed E-state index contributed by atoms with van der Waals surface area (Å²) < 4.78 is 0. The van der Waals surface area contributed by atoms with E-state index in [1.807, 2.05) is 42.5 Å². The molecule has 110 valence electrons. The van der Waals surface area contributed by atoms with Crippen molar-refractivity contribution in [3.8, 4) is 0 Å². The van der Waals surface area contributed by atoms with Gasteiger partial charge in [-0.05, 0) is 48.5 Å². The first kappa shape index (κ1) is 15.8. The smallest absolute Gasteiger partial charge is 0.171 e. The molecule has 2 rings (SSSR count). The first-order chi connectivity index (χ1) is 10.2. The lowest BCUT2D eigenvalue weighted by molar-refractivity contribution is 0.255. The molecule has 3 N–H and O–H groups in total.